The third-order valence-electron chi connectivity index (χ3n) is 4.89. The van der Waals surface area contributed by atoms with Crippen molar-refractivity contribution >= 4 is 23.4 Å². The van der Waals surface area contributed by atoms with E-state index in [2.05, 4.69) is 11.9 Å². The molecule has 3 N–H and O–H groups in total. The number of esters is 1. The van der Waals surface area contributed by atoms with Gasteiger partial charge in [0.15, 0.2) is 6.10 Å². The number of nitrogen functional groups attached to an aromatic ring is 1. The molecule has 158 valence electrons. The summed E-state index contributed by atoms with van der Waals surface area (Å²) in [6.45, 7) is 0.762. The molecule has 1 aliphatic rings. The third-order valence-corrected chi connectivity index (χ3v) is 5.35. The van der Waals surface area contributed by atoms with Crippen LogP contribution < -0.4 is 11.4 Å². The first-order valence-corrected chi connectivity index (χ1v) is 9.91. The Labute approximate surface area is 167 Å². The number of nitrogens with two attached hydrogens (primary N) is 1. The van der Waals surface area contributed by atoms with Crippen molar-refractivity contribution in [3.05, 3.63) is 22.7 Å². The number of hydrogen-bond acceptors (Lipinski definition) is 7. The van der Waals surface area contributed by atoms with E-state index in [1.54, 1.807) is 0 Å². The van der Waals surface area contributed by atoms with Crippen molar-refractivity contribution < 1.29 is 23.8 Å². The van der Waals surface area contributed by atoms with Gasteiger partial charge in [0.2, 0.25) is 0 Å². The summed E-state index contributed by atoms with van der Waals surface area (Å²) < 4.78 is 27.4. The second-order valence-corrected chi connectivity index (χ2v) is 7.27. The molecule has 1 aromatic rings. The van der Waals surface area contributed by atoms with Crippen molar-refractivity contribution in [2.75, 3.05) is 24.8 Å². The summed E-state index contributed by atoms with van der Waals surface area (Å²) in [7, 11) is 0. The molecule has 0 aliphatic carbocycles. The standard InChI is InChI=1S/C18H27ClFN3O5/c1-2-3-4-5-6-7-14(25)28-15-17(10-19,11-24)27-12-18(15,20)23-9-8-13(21)22-16(23)26/h8-9,15,24H,2-7,10-12H2,1H3,(H2,21,22,26)/t15-,17-,18-/m1/s1. The normalized spacial score (nSPS) is 27.1. The minimum atomic E-state index is -2.58. The van der Waals surface area contributed by atoms with Crippen LogP contribution in [0.4, 0.5) is 10.2 Å². The largest absolute Gasteiger partial charge is 0.453 e. The molecule has 0 amide bonds. The van der Waals surface area contributed by atoms with Crippen LogP contribution in [0.25, 0.3) is 0 Å². The van der Waals surface area contributed by atoms with E-state index in [1.807, 2.05) is 0 Å². The highest BCUT2D eigenvalue weighted by molar-refractivity contribution is 6.18. The Morgan fingerprint density at radius 2 is 2.21 bits per heavy atom. The van der Waals surface area contributed by atoms with E-state index in [1.165, 1.54) is 6.07 Å². The molecule has 8 nitrogen and oxygen atoms in total. The van der Waals surface area contributed by atoms with Crippen molar-refractivity contribution in [2.24, 2.45) is 0 Å². The molecule has 3 atom stereocenters. The molecule has 1 fully saturated rings. The summed E-state index contributed by atoms with van der Waals surface area (Å²) in [5.41, 5.74) is 2.82. The van der Waals surface area contributed by atoms with E-state index in [0.29, 0.717) is 11.0 Å². The maximum absolute atomic E-state index is 15.9. The van der Waals surface area contributed by atoms with Crippen LogP contribution in [-0.2, 0) is 20.1 Å². The Morgan fingerprint density at radius 3 is 2.82 bits per heavy atom. The molecule has 0 aromatic carbocycles. The minimum Gasteiger partial charge on any atom is -0.453 e. The number of halogens is 2. The monoisotopic (exact) mass is 419 g/mol. The molecule has 1 saturated heterocycles. The van der Waals surface area contributed by atoms with Gasteiger partial charge in [-0.3, -0.25) is 9.36 Å². The second-order valence-electron chi connectivity index (χ2n) is 7.00. The number of rotatable bonds is 10. The fourth-order valence-corrected chi connectivity index (χ4v) is 3.54. The highest BCUT2D eigenvalue weighted by atomic mass is 35.5. The maximum atomic E-state index is 15.9. The Bertz CT molecular complexity index is 727. The second kappa shape index (κ2) is 9.67. The van der Waals surface area contributed by atoms with Gasteiger partial charge in [0, 0.05) is 12.6 Å². The highest BCUT2D eigenvalue weighted by Gasteiger charge is 2.63. The fourth-order valence-electron chi connectivity index (χ4n) is 3.23. The van der Waals surface area contributed by atoms with Crippen LogP contribution in [0.2, 0.25) is 0 Å². The Morgan fingerprint density at radius 1 is 1.50 bits per heavy atom. The number of aliphatic hydroxyl groups excluding tert-OH is 1. The lowest BCUT2D eigenvalue weighted by Crippen LogP contribution is -2.56. The summed E-state index contributed by atoms with van der Waals surface area (Å²) in [4.78, 5) is 28.0. The van der Waals surface area contributed by atoms with Gasteiger partial charge in [-0.15, -0.1) is 11.6 Å². The van der Waals surface area contributed by atoms with Gasteiger partial charge in [-0.05, 0) is 12.5 Å². The Kier molecular flexibility index (Phi) is 7.79. The van der Waals surface area contributed by atoms with Gasteiger partial charge in [-0.25, -0.2) is 9.18 Å². The van der Waals surface area contributed by atoms with E-state index in [9.17, 15) is 14.7 Å². The molecule has 28 heavy (non-hydrogen) atoms. The average molecular weight is 420 g/mol. The number of aliphatic hydroxyl groups is 1. The molecular formula is C18H27ClFN3O5. The van der Waals surface area contributed by atoms with Crippen molar-refractivity contribution in [1.29, 1.82) is 0 Å². The molecule has 0 spiro atoms. The first-order chi connectivity index (χ1) is 13.3. The first-order valence-electron chi connectivity index (χ1n) is 9.38. The average Bonchev–Trinajstić information content (AvgIpc) is 2.95. The SMILES string of the molecule is CCCCCCCC(=O)O[C@@H]1[C@](CO)(CCl)OC[C@@]1(F)n1ccc(N)nc1=O. The molecular weight excluding hydrogens is 393 g/mol. The van der Waals surface area contributed by atoms with E-state index in [4.69, 9.17) is 26.8 Å². The van der Waals surface area contributed by atoms with Gasteiger partial charge < -0.3 is 20.3 Å². The van der Waals surface area contributed by atoms with E-state index < -0.39 is 42.4 Å². The van der Waals surface area contributed by atoms with Crippen molar-refractivity contribution in [2.45, 2.75) is 62.9 Å². The number of alkyl halides is 2. The summed E-state index contributed by atoms with van der Waals surface area (Å²) in [5, 5.41) is 9.78. The zero-order valence-corrected chi connectivity index (χ0v) is 16.7. The fraction of sp³-hybridized carbons (Fsp3) is 0.722. The topological polar surface area (TPSA) is 117 Å². The number of ether oxygens (including phenoxy) is 2. The number of aromatic nitrogens is 2. The Hall–Kier alpha value is -1.71. The van der Waals surface area contributed by atoms with Crippen LogP contribution in [0.15, 0.2) is 17.1 Å². The van der Waals surface area contributed by atoms with Gasteiger partial charge in [0.25, 0.3) is 5.79 Å². The molecule has 10 heteroatoms. The molecule has 0 radical (unpaired) electrons. The number of nitrogens with zero attached hydrogens (tertiary/aromatic N) is 2. The quantitative estimate of drug-likeness (QED) is 0.337. The number of anilines is 1. The summed E-state index contributed by atoms with van der Waals surface area (Å²) in [6, 6.07) is 1.25. The zero-order valence-electron chi connectivity index (χ0n) is 15.9. The van der Waals surface area contributed by atoms with Crippen LogP contribution in [0.5, 0.6) is 0 Å². The minimum absolute atomic E-state index is 0.0739. The maximum Gasteiger partial charge on any atom is 0.352 e. The van der Waals surface area contributed by atoms with E-state index in [0.717, 1.165) is 31.9 Å². The number of hydrogen-bond donors (Lipinski definition) is 2. The number of unbranched alkanes of at least 4 members (excludes halogenated alkanes) is 4. The summed E-state index contributed by atoms with van der Waals surface area (Å²) in [5.74, 6) is -3.63. The molecule has 2 rings (SSSR count). The Balaban J connectivity index is 2.23. The first kappa shape index (κ1) is 22.6. The molecule has 0 bridgehead atoms. The molecule has 1 aromatic heterocycles. The van der Waals surface area contributed by atoms with Crippen molar-refractivity contribution in [3.8, 4) is 0 Å². The molecule has 2 heterocycles. The van der Waals surface area contributed by atoms with Gasteiger partial charge in [-0.2, -0.15) is 4.98 Å². The van der Waals surface area contributed by atoms with E-state index in [-0.39, 0.29) is 18.1 Å². The predicted octanol–water partition coefficient (Wildman–Crippen LogP) is 1.72. The lowest BCUT2D eigenvalue weighted by Gasteiger charge is -2.34. The highest BCUT2D eigenvalue weighted by Crippen LogP contribution is 2.42. The number of carbonyl (C=O) groups is 1. The van der Waals surface area contributed by atoms with Crippen LogP contribution >= 0.6 is 11.6 Å². The third kappa shape index (κ3) is 4.64. The number of carbonyl (C=O) groups excluding carboxylic acids is 1. The van der Waals surface area contributed by atoms with Crippen LogP contribution in [0, 0.1) is 0 Å². The summed E-state index contributed by atoms with van der Waals surface area (Å²) in [6.07, 6.45) is 4.19. The van der Waals surface area contributed by atoms with Crippen LogP contribution in [0.1, 0.15) is 45.4 Å². The van der Waals surface area contributed by atoms with Gasteiger partial charge >= 0.3 is 11.7 Å². The van der Waals surface area contributed by atoms with E-state index >= 15 is 4.39 Å². The predicted molar refractivity (Wildman–Crippen MR) is 102 cm³/mol. The van der Waals surface area contributed by atoms with Gasteiger partial charge in [0.05, 0.1) is 12.5 Å². The van der Waals surface area contributed by atoms with Crippen LogP contribution in [0.3, 0.4) is 0 Å². The zero-order chi connectivity index (χ0) is 20.8. The lowest BCUT2D eigenvalue weighted by molar-refractivity contribution is -0.172. The van der Waals surface area contributed by atoms with Crippen molar-refractivity contribution in [3.63, 3.8) is 0 Å². The smallest absolute Gasteiger partial charge is 0.352 e. The molecule has 1 aliphatic heterocycles. The van der Waals surface area contributed by atoms with Gasteiger partial charge in [0.1, 0.15) is 18.0 Å². The lowest BCUT2D eigenvalue weighted by atomic mass is 9.95. The summed E-state index contributed by atoms with van der Waals surface area (Å²) >= 11 is 5.92. The van der Waals surface area contributed by atoms with Crippen LogP contribution in [-0.4, -0.2) is 51.4 Å². The molecule has 0 unspecified atom stereocenters. The van der Waals surface area contributed by atoms with Gasteiger partial charge in [-0.1, -0.05) is 32.6 Å². The molecule has 0 saturated carbocycles. The van der Waals surface area contributed by atoms with Crippen molar-refractivity contribution in [1.82, 2.24) is 9.55 Å².